The predicted octanol–water partition coefficient (Wildman–Crippen LogP) is 1.68. The van der Waals surface area contributed by atoms with Gasteiger partial charge in [0.15, 0.2) is 5.78 Å². The standard InChI is InChI=1S/C16H19NO4/c1-4-21-16(20)15(19)10-14(18)13(11-17(2)3)12-8-6-5-7-9-12/h5-9,11H,4,10H2,1-3H3/b13-11+. The fourth-order valence-corrected chi connectivity index (χ4v) is 1.71. The van der Waals surface area contributed by atoms with Crippen molar-refractivity contribution in [3.05, 3.63) is 42.1 Å². The Morgan fingerprint density at radius 2 is 1.71 bits per heavy atom. The summed E-state index contributed by atoms with van der Waals surface area (Å²) in [5.74, 6) is -2.21. The van der Waals surface area contributed by atoms with Crippen LogP contribution in [0.25, 0.3) is 5.57 Å². The average molecular weight is 289 g/mol. The van der Waals surface area contributed by atoms with Crippen LogP contribution in [0.4, 0.5) is 0 Å². The number of Topliss-reactive ketones (excluding diaryl/α,β-unsaturated/α-hetero) is 2. The molecule has 0 unspecified atom stereocenters. The number of ketones is 2. The molecule has 0 aliphatic carbocycles. The monoisotopic (exact) mass is 289 g/mol. The van der Waals surface area contributed by atoms with Gasteiger partial charge >= 0.3 is 5.97 Å². The highest BCUT2D eigenvalue weighted by Gasteiger charge is 2.22. The van der Waals surface area contributed by atoms with Gasteiger partial charge in [-0.25, -0.2) is 4.79 Å². The summed E-state index contributed by atoms with van der Waals surface area (Å²) >= 11 is 0. The van der Waals surface area contributed by atoms with Crippen molar-refractivity contribution in [1.82, 2.24) is 4.90 Å². The minimum atomic E-state index is -0.969. The first-order chi connectivity index (χ1) is 9.95. The van der Waals surface area contributed by atoms with Gasteiger partial charge in [-0.15, -0.1) is 0 Å². The number of rotatable bonds is 7. The summed E-state index contributed by atoms with van der Waals surface area (Å²) in [6.07, 6.45) is 1.14. The number of hydrogen-bond acceptors (Lipinski definition) is 5. The molecule has 1 rings (SSSR count). The van der Waals surface area contributed by atoms with Gasteiger partial charge in [-0.1, -0.05) is 30.3 Å². The number of nitrogens with zero attached hydrogens (tertiary/aromatic N) is 1. The maximum absolute atomic E-state index is 12.3. The van der Waals surface area contributed by atoms with Crippen LogP contribution in [0, 0.1) is 0 Å². The summed E-state index contributed by atoms with van der Waals surface area (Å²) in [7, 11) is 3.56. The summed E-state index contributed by atoms with van der Waals surface area (Å²) in [6.45, 7) is 1.71. The van der Waals surface area contributed by atoms with Crippen molar-refractivity contribution in [2.75, 3.05) is 20.7 Å². The van der Waals surface area contributed by atoms with Gasteiger partial charge in [0.1, 0.15) is 0 Å². The number of carbonyl (C=O) groups excluding carboxylic acids is 3. The fraction of sp³-hybridized carbons (Fsp3) is 0.312. The van der Waals surface area contributed by atoms with E-state index in [4.69, 9.17) is 0 Å². The van der Waals surface area contributed by atoms with Crippen LogP contribution in [0.2, 0.25) is 0 Å². The molecule has 0 atom stereocenters. The van der Waals surface area contributed by atoms with E-state index in [9.17, 15) is 14.4 Å². The molecule has 112 valence electrons. The Balaban J connectivity index is 2.93. The number of ether oxygens (including phenoxy) is 1. The van der Waals surface area contributed by atoms with E-state index >= 15 is 0 Å². The van der Waals surface area contributed by atoms with E-state index in [0.717, 1.165) is 0 Å². The second kappa shape index (κ2) is 7.99. The number of allylic oxidation sites excluding steroid dienone is 1. The van der Waals surface area contributed by atoms with Crippen molar-refractivity contribution in [3.63, 3.8) is 0 Å². The molecule has 5 nitrogen and oxygen atoms in total. The molecule has 0 heterocycles. The third-order valence-electron chi connectivity index (χ3n) is 2.60. The number of benzene rings is 1. The molecule has 0 amide bonds. The first-order valence-corrected chi connectivity index (χ1v) is 6.62. The van der Waals surface area contributed by atoms with E-state index in [2.05, 4.69) is 4.74 Å². The molecule has 0 bridgehead atoms. The van der Waals surface area contributed by atoms with E-state index in [-0.39, 0.29) is 6.61 Å². The van der Waals surface area contributed by atoms with E-state index in [1.165, 1.54) is 0 Å². The van der Waals surface area contributed by atoms with E-state index in [1.807, 2.05) is 6.07 Å². The van der Waals surface area contributed by atoms with Gasteiger partial charge in [0, 0.05) is 25.9 Å². The number of hydrogen-bond donors (Lipinski definition) is 0. The molecular formula is C16H19NO4. The first kappa shape index (κ1) is 16.6. The zero-order chi connectivity index (χ0) is 15.8. The number of esters is 1. The Morgan fingerprint density at radius 1 is 1.10 bits per heavy atom. The van der Waals surface area contributed by atoms with Crippen LogP contribution in [0.3, 0.4) is 0 Å². The fourth-order valence-electron chi connectivity index (χ4n) is 1.71. The zero-order valence-electron chi connectivity index (χ0n) is 12.5. The molecular weight excluding hydrogens is 270 g/mol. The highest BCUT2D eigenvalue weighted by molar-refractivity contribution is 6.41. The second-order valence-corrected chi connectivity index (χ2v) is 4.62. The van der Waals surface area contributed by atoms with Crippen molar-refractivity contribution >= 4 is 23.1 Å². The molecule has 0 fully saturated rings. The molecule has 1 aromatic carbocycles. The van der Waals surface area contributed by atoms with Crippen LogP contribution >= 0.6 is 0 Å². The lowest BCUT2D eigenvalue weighted by molar-refractivity contribution is -0.154. The molecule has 0 aliphatic rings. The van der Waals surface area contributed by atoms with Gasteiger partial charge in [0.05, 0.1) is 13.0 Å². The third kappa shape index (κ3) is 5.22. The van der Waals surface area contributed by atoms with Crippen molar-refractivity contribution in [2.45, 2.75) is 13.3 Å². The number of carbonyl (C=O) groups is 3. The largest absolute Gasteiger partial charge is 0.460 e. The van der Waals surface area contributed by atoms with Gasteiger partial charge in [0.25, 0.3) is 0 Å². The molecule has 0 N–H and O–H groups in total. The molecule has 0 aliphatic heterocycles. The lowest BCUT2D eigenvalue weighted by Gasteiger charge is -2.11. The Labute approximate surface area is 124 Å². The van der Waals surface area contributed by atoms with Crippen LogP contribution < -0.4 is 0 Å². The molecule has 0 saturated heterocycles. The smallest absolute Gasteiger partial charge is 0.375 e. The highest BCUT2D eigenvalue weighted by atomic mass is 16.5. The highest BCUT2D eigenvalue weighted by Crippen LogP contribution is 2.17. The Hall–Kier alpha value is -2.43. The van der Waals surface area contributed by atoms with E-state index in [1.54, 1.807) is 56.4 Å². The molecule has 0 saturated carbocycles. The average Bonchev–Trinajstić information content (AvgIpc) is 2.45. The van der Waals surface area contributed by atoms with Crippen LogP contribution in [-0.4, -0.2) is 43.1 Å². The second-order valence-electron chi connectivity index (χ2n) is 4.62. The summed E-state index contributed by atoms with van der Waals surface area (Å²) in [5.41, 5.74) is 1.09. The molecule has 5 heteroatoms. The van der Waals surface area contributed by atoms with E-state index in [0.29, 0.717) is 11.1 Å². The quantitative estimate of drug-likeness (QED) is 0.331. The molecule has 0 radical (unpaired) electrons. The van der Waals surface area contributed by atoms with Gasteiger partial charge in [-0.2, -0.15) is 0 Å². The summed E-state index contributed by atoms with van der Waals surface area (Å²) < 4.78 is 4.60. The lowest BCUT2D eigenvalue weighted by Crippen LogP contribution is -2.21. The minimum absolute atomic E-state index is 0.109. The Bertz CT molecular complexity index is 547. The van der Waals surface area contributed by atoms with Crippen LogP contribution in [0.5, 0.6) is 0 Å². The van der Waals surface area contributed by atoms with Crippen LogP contribution in [0.1, 0.15) is 18.9 Å². The van der Waals surface area contributed by atoms with Gasteiger partial charge < -0.3 is 9.64 Å². The van der Waals surface area contributed by atoms with Crippen LogP contribution in [0.15, 0.2) is 36.5 Å². The van der Waals surface area contributed by atoms with Gasteiger partial charge in [0.2, 0.25) is 5.78 Å². The van der Waals surface area contributed by atoms with Gasteiger partial charge in [-0.3, -0.25) is 9.59 Å². The topological polar surface area (TPSA) is 63.7 Å². The molecule has 1 aromatic rings. The van der Waals surface area contributed by atoms with E-state index < -0.39 is 24.0 Å². The maximum atomic E-state index is 12.3. The lowest BCUT2D eigenvalue weighted by atomic mass is 9.99. The first-order valence-electron chi connectivity index (χ1n) is 6.62. The molecule has 21 heavy (non-hydrogen) atoms. The summed E-state index contributed by atoms with van der Waals surface area (Å²) in [5, 5.41) is 0. The minimum Gasteiger partial charge on any atom is -0.460 e. The zero-order valence-corrected chi connectivity index (χ0v) is 12.5. The summed E-state index contributed by atoms with van der Waals surface area (Å²) in [4.78, 5) is 36.9. The third-order valence-corrected chi connectivity index (χ3v) is 2.60. The van der Waals surface area contributed by atoms with Crippen LogP contribution in [-0.2, 0) is 19.1 Å². The Kier molecular flexibility index (Phi) is 6.33. The SMILES string of the molecule is CCOC(=O)C(=O)CC(=O)/C(=C/N(C)C)c1ccccc1. The van der Waals surface area contributed by atoms with Crippen molar-refractivity contribution in [1.29, 1.82) is 0 Å². The predicted molar refractivity (Wildman–Crippen MR) is 79.4 cm³/mol. The van der Waals surface area contributed by atoms with Crippen molar-refractivity contribution in [2.24, 2.45) is 0 Å². The van der Waals surface area contributed by atoms with Gasteiger partial charge in [-0.05, 0) is 12.5 Å². The Morgan fingerprint density at radius 3 is 2.24 bits per heavy atom. The summed E-state index contributed by atoms with van der Waals surface area (Å²) in [6, 6.07) is 9.01. The maximum Gasteiger partial charge on any atom is 0.375 e. The van der Waals surface area contributed by atoms with Crippen molar-refractivity contribution < 1.29 is 19.1 Å². The van der Waals surface area contributed by atoms with Crippen molar-refractivity contribution in [3.8, 4) is 0 Å². The molecule has 0 aromatic heterocycles. The normalized spacial score (nSPS) is 10.9. The molecule has 0 spiro atoms.